The summed E-state index contributed by atoms with van der Waals surface area (Å²) in [6, 6.07) is 17.1. The Morgan fingerprint density at radius 3 is 2.74 bits per heavy atom. The summed E-state index contributed by atoms with van der Waals surface area (Å²) in [6.45, 7) is 1.11. The number of anilines is 1. The van der Waals surface area contributed by atoms with Crippen LogP contribution in [0.15, 0.2) is 53.4 Å². The molecule has 35 heavy (non-hydrogen) atoms. The Balaban J connectivity index is 1.25. The number of hydrogen-bond donors (Lipinski definition) is 0. The predicted molar refractivity (Wildman–Crippen MR) is 140 cm³/mol. The van der Waals surface area contributed by atoms with E-state index in [0.717, 1.165) is 24.1 Å². The minimum atomic E-state index is -0.0968. The van der Waals surface area contributed by atoms with Crippen LogP contribution in [0.4, 0.5) is 5.69 Å². The van der Waals surface area contributed by atoms with Gasteiger partial charge in [-0.3, -0.25) is 14.5 Å². The minimum Gasteiger partial charge on any atom is -0.454 e. The number of hydrogen-bond acceptors (Lipinski definition) is 7. The van der Waals surface area contributed by atoms with Crippen LogP contribution in [0.25, 0.3) is 6.08 Å². The highest BCUT2D eigenvalue weighted by atomic mass is 32.2. The van der Waals surface area contributed by atoms with Crippen LogP contribution in [0.5, 0.6) is 11.5 Å². The Morgan fingerprint density at radius 1 is 1.14 bits per heavy atom. The Hall–Kier alpha value is -3.35. The molecule has 2 heterocycles. The fourth-order valence-corrected chi connectivity index (χ4v) is 5.18. The van der Waals surface area contributed by atoms with Gasteiger partial charge in [0.1, 0.15) is 4.32 Å². The molecule has 9 heteroatoms. The van der Waals surface area contributed by atoms with E-state index in [2.05, 4.69) is 6.07 Å². The van der Waals surface area contributed by atoms with Crippen LogP contribution >= 0.6 is 24.0 Å². The van der Waals surface area contributed by atoms with Gasteiger partial charge in [-0.15, -0.1) is 0 Å². The lowest BCUT2D eigenvalue weighted by molar-refractivity contribution is -0.122. The minimum absolute atomic E-state index is 0.00345. The standard InChI is InChI=1S/C26H25N3O4S2/c27-13-7-15-28(20-8-3-1-4-9-20)24(30)10-5-2-6-14-29-25(31)23(35-26(29)34)17-19-11-12-21-22(16-19)33-18-32-21/h1,3-4,8-9,11-12,16-17H,2,5-7,10,14-15,18H2. The lowest BCUT2D eigenvalue weighted by Gasteiger charge is -2.22. The second-order valence-corrected chi connectivity index (χ2v) is 9.72. The number of carbonyl (C=O) groups excluding carboxylic acids is 2. The molecule has 0 atom stereocenters. The zero-order chi connectivity index (χ0) is 24.6. The molecule has 0 N–H and O–H groups in total. The van der Waals surface area contributed by atoms with E-state index in [1.165, 1.54) is 11.8 Å². The molecule has 1 fully saturated rings. The number of para-hydroxylation sites is 1. The number of thiocarbonyl (C=S) groups is 1. The largest absolute Gasteiger partial charge is 0.454 e. The molecule has 0 aromatic heterocycles. The molecule has 2 aliphatic heterocycles. The maximum absolute atomic E-state index is 12.9. The summed E-state index contributed by atoms with van der Waals surface area (Å²) in [5, 5.41) is 8.93. The molecule has 0 radical (unpaired) electrons. The van der Waals surface area contributed by atoms with Crippen molar-refractivity contribution in [3.05, 3.63) is 59.0 Å². The van der Waals surface area contributed by atoms with Gasteiger partial charge in [-0.1, -0.05) is 54.7 Å². The quantitative estimate of drug-likeness (QED) is 0.251. The number of fused-ring (bicyclic) bond motifs is 1. The van der Waals surface area contributed by atoms with Crippen molar-refractivity contribution in [2.24, 2.45) is 0 Å². The number of thioether (sulfide) groups is 1. The number of carbonyl (C=O) groups is 2. The highest BCUT2D eigenvalue weighted by Gasteiger charge is 2.31. The van der Waals surface area contributed by atoms with Crippen molar-refractivity contribution in [2.75, 3.05) is 24.8 Å². The van der Waals surface area contributed by atoms with Crippen molar-refractivity contribution in [3.8, 4) is 17.6 Å². The number of ether oxygens (including phenoxy) is 2. The van der Waals surface area contributed by atoms with Gasteiger partial charge in [-0.25, -0.2) is 0 Å². The summed E-state index contributed by atoms with van der Waals surface area (Å²) in [7, 11) is 0. The van der Waals surface area contributed by atoms with E-state index in [4.69, 9.17) is 27.0 Å². The van der Waals surface area contributed by atoms with Gasteiger partial charge < -0.3 is 14.4 Å². The monoisotopic (exact) mass is 507 g/mol. The van der Waals surface area contributed by atoms with Crippen molar-refractivity contribution in [2.45, 2.75) is 32.1 Å². The second kappa shape index (κ2) is 11.9. The highest BCUT2D eigenvalue weighted by Crippen LogP contribution is 2.36. The average molecular weight is 508 g/mol. The normalized spacial score (nSPS) is 15.5. The highest BCUT2D eigenvalue weighted by molar-refractivity contribution is 8.26. The maximum atomic E-state index is 12.9. The van der Waals surface area contributed by atoms with Crippen LogP contribution in [0.3, 0.4) is 0 Å². The number of amides is 2. The van der Waals surface area contributed by atoms with Crippen molar-refractivity contribution in [1.29, 1.82) is 5.26 Å². The molecule has 2 aromatic rings. The van der Waals surface area contributed by atoms with E-state index in [9.17, 15) is 9.59 Å². The lowest BCUT2D eigenvalue weighted by atomic mass is 10.1. The van der Waals surface area contributed by atoms with E-state index in [1.54, 1.807) is 9.80 Å². The molecule has 4 rings (SSSR count). The van der Waals surface area contributed by atoms with Gasteiger partial charge in [0, 0.05) is 25.2 Å². The van der Waals surface area contributed by atoms with Gasteiger partial charge in [0.05, 0.1) is 17.4 Å². The molecule has 0 unspecified atom stereocenters. The third-order valence-corrected chi connectivity index (χ3v) is 7.03. The number of unbranched alkanes of at least 4 members (excludes halogenated alkanes) is 2. The van der Waals surface area contributed by atoms with Crippen LogP contribution in [0.2, 0.25) is 0 Å². The van der Waals surface area contributed by atoms with Gasteiger partial charge in [0.15, 0.2) is 11.5 Å². The van der Waals surface area contributed by atoms with E-state index >= 15 is 0 Å². The maximum Gasteiger partial charge on any atom is 0.266 e. The summed E-state index contributed by atoms with van der Waals surface area (Å²) in [5.74, 6) is 1.27. The van der Waals surface area contributed by atoms with Gasteiger partial charge in [0.25, 0.3) is 5.91 Å². The fourth-order valence-electron chi connectivity index (χ4n) is 3.87. The van der Waals surface area contributed by atoms with Gasteiger partial charge in [0.2, 0.25) is 12.7 Å². The van der Waals surface area contributed by atoms with Crippen molar-refractivity contribution in [3.63, 3.8) is 0 Å². The third kappa shape index (κ3) is 6.21. The van der Waals surface area contributed by atoms with Crippen molar-refractivity contribution < 1.29 is 19.1 Å². The smallest absolute Gasteiger partial charge is 0.266 e. The first-order chi connectivity index (χ1) is 17.1. The molecule has 7 nitrogen and oxygen atoms in total. The van der Waals surface area contributed by atoms with Crippen LogP contribution in [0.1, 0.15) is 37.7 Å². The zero-order valence-corrected chi connectivity index (χ0v) is 20.8. The molecular weight excluding hydrogens is 482 g/mol. The summed E-state index contributed by atoms with van der Waals surface area (Å²) >= 11 is 6.73. The first-order valence-electron chi connectivity index (χ1n) is 11.4. The molecule has 0 spiro atoms. The molecule has 0 aliphatic carbocycles. The van der Waals surface area contributed by atoms with Crippen LogP contribution in [-0.2, 0) is 9.59 Å². The van der Waals surface area contributed by atoms with Crippen molar-refractivity contribution in [1.82, 2.24) is 4.90 Å². The molecule has 0 bridgehead atoms. The van der Waals surface area contributed by atoms with Crippen molar-refractivity contribution >= 4 is 51.9 Å². The molecule has 1 saturated heterocycles. The number of nitriles is 1. The molecule has 0 saturated carbocycles. The van der Waals surface area contributed by atoms with E-state index < -0.39 is 0 Å². The Bertz CT molecular complexity index is 1180. The van der Waals surface area contributed by atoms with Gasteiger partial charge >= 0.3 is 0 Å². The SMILES string of the molecule is N#CCCN(C(=O)CCCCCN1C(=O)C(=Cc2ccc3c(c2)OCO3)SC1=S)c1ccccc1. The molecule has 2 aliphatic rings. The Labute approximate surface area is 214 Å². The first-order valence-corrected chi connectivity index (χ1v) is 12.7. The molecular formula is C26H25N3O4S2. The average Bonchev–Trinajstić information content (AvgIpc) is 3.44. The van der Waals surface area contributed by atoms with Gasteiger partial charge in [-0.2, -0.15) is 5.26 Å². The second-order valence-electron chi connectivity index (χ2n) is 8.05. The molecule has 180 valence electrons. The van der Waals surface area contributed by atoms with Crippen LogP contribution < -0.4 is 14.4 Å². The van der Waals surface area contributed by atoms with Crippen LogP contribution in [-0.4, -0.2) is 40.9 Å². The molecule has 2 amide bonds. The van der Waals surface area contributed by atoms with E-state index in [0.29, 0.717) is 46.7 Å². The van der Waals surface area contributed by atoms with Crippen LogP contribution in [0, 0.1) is 11.3 Å². The number of nitrogens with zero attached hydrogens (tertiary/aromatic N) is 3. The fraction of sp³-hybridized carbons (Fsp3) is 0.308. The summed E-state index contributed by atoms with van der Waals surface area (Å²) in [5.41, 5.74) is 1.66. The summed E-state index contributed by atoms with van der Waals surface area (Å²) in [6.07, 6.45) is 4.75. The first kappa shape index (κ1) is 24.8. The Kier molecular flexibility index (Phi) is 8.40. The van der Waals surface area contributed by atoms with E-state index in [-0.39, 0.29) is 25.0 Å². The predicted octanol–water partition coefficient (Wildman–Crippen LogP) is 5.12. The summed E-state index contributed by atoms with van der Waals surface area (Å²) < 4.78 is 11.3. The lowest BCUT2D eigenvalue weighted by Crippen LogP contribution is -2.31. The Morgan fingerprint density at radius 2 is 1.94 bits per heavy atom. The van der Waals surface area contributed by atoms with E-state index in [1.807, 2.05) is 54.6 Å². The topological polar surface area (TPSA) is 82.9 Å². The van der Waals surface area contributed by atoms with Gasteiger partial charge in [-0.05, 0) is 48.7 Å². The third-order valence-electron chi connectivity index (χ3n) is 5.66. The number of rotatable bonds is 10. The molecule has 2 aromatic carbocycles. The zero-order valence-electron chi connectivity index (χ0n) is 19.1. The number of benzene rings is 2. The summed E-state index contributed by atoms with van der Waals surface area (Å²) in [4.78, 5) is 29.5.